The van der Waals surface area contributed by atoms with Crippen LogP contribution in [0.1, 0.15) is 21.5 Å². The first-order valence-electron chi connectivity index (χ1n) is 10.4. The Bertz CT molecular complexity index is 1060. The molecule has 0 unspecified atom stereocenters. The lowest BCUT2D eigenvalue weighted by Gasteiger charge is -2.35. The highest BCUT2D eigenvalue weighted by molar-refractivity contribution is 6.36. The highest BCUT2D eigenvalue weighted by Crippen LogP contribution is 2.26. The molecule has 1 saturated heterocycles. The van der Waals surface area contributed by atoms with Crippen LogP contribution in [0.5, 0.6) is 5.75 Å². The van der Waals surface area contributed by atoms with Crippen molar-refractivity contribution in [2.45, 2.75) is 13.2 Å². The van der Waals surface area contributed by atoms with Gasteiger partial charge in [0, 0.05) is 58.9 Å². The highest BCUT2D eigenvalue weighted by Gasteiger charge is 2.23. The van der Waals surface area contributed by atoms with Gasteiger partial charge >= 0.3 is 0 Å². The van der Waals surface area contributed by atoms with E-state index in [0.29, 0.717) is 52.6 Å². The zero-order valence-corrected chi connectivity index (χ0v) is 19.7. The largest absolute Gasteiger partial charge is 0.489 e. The van der Waals surface area contributed by atoms with Gasteiger partial charge in [-0.1, -0.05) is 59.1 Å². The molecule has 1 fully saturated rings. The Labute approximate surface area is 203 Å². The average Bonchev–Trinajstić information content (AvgIpc) is 2.81. The molecule has 4 rings (SSSR count). The van der Waals surface area contributed by atoms with Gasteiger partial charge in [0.05, 0.1) is 0 Å². The summed E-state index contributed by atoms with van der Waals surface area (Å²) in [6.07, 6.45) is 0. The van der Waals surface area contributed by atoms with E-state index in [9.17, 15) is 4.79 Å². The number of nitrogens with zero attached hydrogens (tertiary/aromatic N) is 2. The van der Waals surface area contributed by atoms with Gasteiger partial charge in [-0.05, 0) is 48.0 Å². The van der Waals surface area contributed by atoms with Crippen molar-refractivity contribution in [3.63, 3.8) is 0 Å². The fourth-order valence-electron chi connectivity index (χ4n) is 3.67. The average molecular weight is 490 g/mol. The van der Waals surface area contributed by atoms with E-state index in [1.165, 1.54) is 0 Å². The number of carbonyl (C=O) groups is 1. The summed E-state index contributed by atoms with van der Waals surface area (Å²) in [5, 5.41) is 1.99. The van der Waals surface area contributed by atoms with Gasteiger partial charge < -0.3 is 9.64 Å². The Morgan fingerprint density at radius 3 is 2.16 bits per heavy atom. The number of hydrogen-bond acceptors (Lipinski definition) is 3. The SMILES string of the molecule is O=C(c1ccc(COc2cccc(Cl)c2)cc1)N1CCN(Cc2c(Cl)cccc2Cl)CC1. The monoisotopic (exact) mass is 488 g/mol. The van der Waals surface area contributed by atoms with Gasteiger partial charge in [-0.15, -0.1) is 0 Å². The summed E-state index contributed by atoms with van der Waals surface area (Å²) >= 11 is 18.6. The standard InChI is InChI=1S/C25H23Cl3N2O2/c26-20-3-1-4-21(15-20)32-17-18-7-9-19(10-8-18)25(31)30-13-11-29(12-14-30)16-22-23(27)5-2-6-24(22)28/h1-10,15H,11-14,16-17H2. The highest BCUT2D eigenvalue weighted by atomic mass is 35.5. The lowest BCUT2D eigenvalue weighted by molar-refractivity contribution is 0.0628. The van der Waals surface area contributed by atoms with Crippen LogP contribution in [0.4, 0.5) is 0 Å². The summed E-state index contributed by atoms with van der Waals surface area (Å²) in [5.74, 6) is 0.760. The van der Waals surface area contributed by atoms with Crippen LogP contribution < -0.4 is 4.74 Å². The van der Waals surface area contributed by atoms with Crippen LogP contribution in [-0.4, -0.2) is 41.9 Å². The van der Waals surface area contributed by atoms with Crippen LogP contribution in [0.15, 0.2) is 66.7 Å². The van der Waals surface area contributed by atoms with Crippen LogP contribution >= 0.6 is 34.8 Å². The molecule has 1 aliphatic rings. The van der Waals surface area contributed by atoms with E-state index in [0.717, 1.165) is 24.2 Å². The molecule has 0 saturated carbocycles. The third kappa shape index (κ3) is 5.76. The smallest absolute Gasteiger partial charge is 0.253 e. The number of ether oxygens (including phenoxy) is 1. The van der Waals surface area contributed by atoms with Gasteiger partial charge in [-0.25, -0.2) is 0 Å². The summed E-state index contributed by atoms with van der Waals surface area (Å²) < 4.78 is 5.76. The van der Waals surface area contributed by atoms with E-state index in [2.05, 4.69) is 4.90 Å². The van der Waals surface area contributed by atoms with E-state index in [1.54, 1.807) is 12.1 Å². The Morgan fingerprint density at radius 2 is 1.50 bits per heavy atom. The van der Waals surface area contributed by atoms with Gasteiger partial charge in [0.2, 0.25) is 0 Å². The predicted molar refractivity (Wildman–Crippen MR) is 130 cm³/mol. The molecule has 1 heterocycles. The van der Waals surface area contributed by atoms with Crippen molar-refractivity contribution >= 4 is 40.7 Å². The number of halogens is 3. The van der Waals surface area contributed by atoms with E-state index >= 15 is 0 Å². The van der Waals surface area contributed by atoms with E-state index in [-0.39, 0.29) is 5.91 Å². The normalized spacial score (nSPS) is 14.4. The second kappa shape index (κ2) is 10.6. The van der Waals surface area contributed by atoms with Crippen LogP contribution in [-0.2, 0) is 13.2 Å². The van der Waals surface area contributed by atoms with E-state index < -0.39 is 0 Å². The number of carbonyl (C=O) groups excluding carboxylic acids is 1. The lowest BCUT2D eigenvalue weighted by Crippen LogP contribution is -2.48. The summed E-state index contributed by atoms with van der Waals surface area (Å²) in [4.78, 5) is 17.1. The van der Waals surface area contributed by atoms with Crippen LogP contribution in [0.3, 0.4) is 0 Å². The number of hydrogen-bond donors (Lipinski definition) is 0. The number of benzene rings is 3. The fourth-order valence-corrected chi connectivity index (χ4v) is 4.36. The maximum Gasteiger partial charge on any atom is 0.253 e. The molecule has 1 amide bonds. The third-order valence-electron chi connectivity index (χ3n) is 5.51. The number of piperazine rings is 1. The van der Waals surface area contributed by atoms with Gasteiger partial charge in [-0.3, -0.25) is 9.69 Å². The Morgan fingerprint density at radius 1 is 0.844 bits per heavy atom. The van der Waals surface area contributed by atoms with Crippen LogP contribution in [0.2, 0.25) is 15.1 Å². The summed E-state index contributed by atoms with van der Waals surface area (Å²) in [6, 6.07) is 20.4. The molecular formula is C25H23Cl3N2O2. The minimum Gasteiger partial charge on any atom is -0.489 e. The van der Waals surface area contributed by atoms with Crippen LogP contribution in [0.25, 0.3) is 0 Å². The van der Waals surface area contributed by atoms with Crippen molar-refractivity contribution in [3.05, 3.63) is 98.5 Å². The Balaban J connectivity index is 1.29. The van der Waals surface area contributed by atoms with Gasteiger partial charge in [0.15, 0.2) is 0 Å². The molecule has 0 spiro atoms. The Hall–Kier alpha value is -2.24. The fraction of sp³-hybridized carbons (Fsp3) is 0.240. The van der Waals surface area contributed by atoms with Crippen molar-refractivity contribution in [1.82, 2.24) is 9.80 Å². The number of rotatable bonds is 6. The summed E-state index contributed by atoms with van der Waals surface area (Å²) in [5.41, 5.74) is 2.60. The molecule has 32 heavy (non-hydrogen) atoms. The van der Waals surface area contributed by atoms with Crippen molar-refractivity contribution in [2.24, 2.45) is 0 Å². The first kappa shape index (κ1) is 22.9. The lowest BCUT2D eigenvalue weighted by atomic mass is 10.1. The molecule has 7 heteroatoms. The first-order valence-corrected chi connectivity index (χ1v) is 11.5. The van der Waals surface area contributed by atoms with Gasteiger partial charge in [0.1, 0.15) is 12.4 Å². The van der Waals surface area contributed by atoms with E-state index in [4.69, 9.17) is 39.5 Å². The molecule has 0 radical (unpaired) electrons. The minimum absolute atomic E-state index is 0.0442. The molecule has 3 aromatic rings. The zero-order valence-electron chi connectivity index (χ0n) is 17.4. The van der Waals surface area contributed by atoms with Crippen molar-refractivity contribution in [3.8, 4) is 5.75 Å². The van der Waals surface area contributed by atoms with Crippen molar-refractivity contribution in [2.75, 3.05) is 26.2 Å². The molecule has 1 aliphatic heterocycles. The van der Waals surface area contributed by atoms with Crippen molar-refractivity contribution < 1.29 is 9.53 Å². The van der Waals surface area contributed by atoms with Crippen LogP contribution in [0, 0.1) is 0 Å². The minimum atomic E-state index is 0.0442. The van der Waals surface area contributed by atoms with Crippen molar-refractivity contribution in [1.29, 1.82) is 0 Å². The molecule has 0 atom stereocenters. The topological polar surface area (TPSA) is 32.8 Å². The first-order chi connectivity index (χ1) is 15.5. The van der Waals surface area contributed by atoms with Gasteiger partial charge in [-0.2, -0.15) is 0 Å². The maximum absolute atomic E-state index is 12.9. The molecule has 0 aliphatic carbocycles. The molecule has 0 bridgehead atoms. The molecule has 3 aromatic carbocycles. The third-order valence-corrected chi connectivity index (χ3v) is 6.45. The molecule has 0 aromatic heterocycles. The quantitative estimate of drug-likeness (QED) is 0.414. The second-order valence-corrected chi connectivity index (χ2v) is 8.96. The number of amides is 1. The second-order valence-electron chi connectivity index (χ2n) is 7.71. The summed E-state index contributed by atoms with van der Waals surface area (Å²) in [6.45, 7) is 3.98. The van der Waals surface area contributed by atoms with Gasteiger partial charge in [0.25, 0.3) is 5.91 Å². The molecular weight excluding hydrogens is 467 g/mol. The predicted octanol–water partition coefficient (Wildman–Crippen LogP) is 6.18. The Kier molecular flexibility index (Phi) is 7.59. The molecule has 4 nitrogen and oxygen atoms in total. The maximum atomic E-state index is 12.9. The molecule has 0 N–H and O–H groups in total. The van der Waals surface area contributed by atoms with E-state index in [1.807, 2.05) is 59.5 Å². The zero-order chi connectivity index (χ0) is 22.5. The molecule has 166 valence electrons. The summed E-state index contributed by atoms with van der Waals surface area (Å²) in [7, 11) is 0.